The van der Waals surface area contributed by atoms with E-state index < -0.39 is 6.34 Å². The van der Waals surface area contributed by atoms with Crippen molar-refractivity contribution >= 4 is 18.1 Å². The molecule has 0 aromatic heterocycles. The lowest BCUT2D eigenvalue weighted by Gasteiger charge is -2.47. The molecule has 0 amide bonds. The Kier molecular flexibility index (Phi) is 5.33. The van der Waals surface area contributed by atoms with E-state index in [9.17, 15) is 0 Å². The molecule has 2 atom stereocenters. The van der Waals surface area contributed by atoms with E-state index in [1.54, 1.807) is 0 Å². The van der Waals surface area contributed by atoms with Crippen molar-refractivity contribution in [2.45, 2.75) is 38.7 Å². The first-order chi connectivity index (χ1) is 11.7. The number of morpholine rings is 2. The van der Waals surface area contributed by atoms with Crippen LogP contribution in [0.5, 0.6) is 0 Å². The quantitative estimate of drug-likeness (QED) is 0.709. The van der Waals surface area contributed by atoms with Gasteiger partial charge in [0.25, 0.3) is 0 Å². The molecular weight excluding hydrogens is 343 g/mol. The minimum absolute atomic E-state index is 0.373. The third-order valence-corrected chi connectivity index (χ3v) is 11.4. The van der Waals surface area contributed by atoms with Crippen molar-refractivity contribution in [3.8, 4) is 0 Å². The molecule has 5 nitrogen and oxygen atoms in total. The van der Waals surface area contributed by atoms with E-state index in [4.69, 9.17) is 26.0 Å². The molecule has 0 spiro atoms. The Morgan fingerprint density at radius 2 is 1.46 bits per heavy atom. The van der Waals surface area contributed by atoms with Gasteiger partial charge in [-0.25, -0.2) is 0 Å². The lowest BCUT2D eigenvalue weighted by atomic mass is 9.87. The second kappa shape index (κ2) is 7.34. The maximum Gasteiger partial charge on any atom is 0.107 e. The summed E-state index contributed by atoms with van der Waals surface area (Å²) in [6.45, 7) is 9.13. The lowest BCUT2D eigenvalue weighted by Crippen LogP contribution is -2.44. The van der Waals surface area contributed by atoms with Crippen LogP contribution in [-0.2, 0) is 26.0 Å². The van der Waals surface area contributed by atoms with Crippen LogP contribution >= 0.6 is 6.34 Å². The molecule has 1 saturated carbocycles. The van der Waals surface area contributed by atoms with E-state index in [1.807, 2.05) is 0 Å². The fraction of sp³-hybridized carbons (Fsp3) is 0.882. The van der Waals surface area contributed by atoms with Gasteiger partial charge < -0.3 is 14.2 Å². The SMILES string of the molecule is CC1=C(P(=S)(N2CCOCC2)N2CCOCC2)[C@H]2CCCC[C@@H]2O1. The van der Waals surface area contributed by atoms with E-state index in [0.29, 0.717) is 12.0 Å². The number of allylic oxidation sites excluding steroid dienone is 1. The Hall–Kier alpha value is 0.0300. The van der Waals surface area contributed by atoms with E-state index in [-0.39, 0.29) is 0 Å². The molecule has 0 unspecified atom stereocenters. The second-order valence-electron chi connectivity index (χ2n) is 7.16. The summed E-state index contributed by atoms with van der Waals surface area (Å²) >= 11 is 6.56. The summed E-state index contributed by atoms with van der Waals surface area (Å²) in [5, 5.41) is 1.48. The number of ether oxygens (including phenoxy) is 3. The van der Waals surface area contributed by atoms with Crippen molar-refractivity contribution in [1.29, 1.82) is 0 Å². The number of hydrogen-bond acceptors (Lipinski definition) is 4. The average Bonchev–Trinajstić information content (AvgIpc) is 2.99. The van der Waals surface area contributed by atoms with Gasteiger partial charge in [0.15, 0.2) is 0 Å². The summed E-state index contributed by atoms with van der Waals surface area (Å²) in [5.74, 6) is 1.67. The summed E-state index contributed by atoms with van der Waals surface area (Å²) in [7, 11) is 0. The van der Waals surface area contributed by atoms with Gasteiger partial charge in [0.2, 0.25) is 0 Å². The topological polar surface area (TPSA) is 34.2 Å². The fourth-order valence-electron chi connectivity index (χ4n) is 4.65. The summed E-state index contributed by atoms with van der Waals surface area (Å²) in [4.78, 5) is 0. The van der Waals surface area contributed by atoms with Crippen LogP contribution in [0.25, 0.3) is 0 Å². The third-order valence-electron chi connectivity index (χ3n) is 5.80. The van der Waals surface area contributed by atoms with E-state index >= 15 is 0 Å². The highest BCUT2D eigenvalue weighted by molar-refractivity contribution is 8.14. The monoisotopic (exact) mass is 372 g/mol. The molecule has 4 aliphatic rings. The van der Waals surface area contributed by atoms with Crippen LogP contribution in [0.15, 0.2) is 11.1 Å². The maximum absolute atomic E-state index is 6.56. The molecule has 3 heterocycles. The Bertz CT molecular complexity index is 522. The first-order valence-corrected chi connectivity index (χ1v) is 12.1. The molecule has 3 fully saturated rings. The second-order valence-corrected chi connectivity index (χ2v) is 11.4. The molecule has 3 aliphatic heterocycles. The highest BCUT2D eigenvalue weighted by atomic mass is 32.4. The number of fused-ring (bicyclic) bond motifs is 1. The molecule has 0 N–H and O–H groups in total. The number of rotatable bonds is 3. The van der Waals surface area contributed by atoms with Crippen molar-refractivity contribution in [3.63, 3.8) is 0 Å². The highest BCUT2D eigenvalue weighted by Gasteiger charge is 2.48. The van der Waals surface area contributed by atoms with Gasteiger partial charge in [0.1, 0.15) is 18.2 Å². The predicted molar refractivity (Wildman–Crippen MR) is 98.6 cm³/mol. The molecule has 136 valence electrons. The van der Waals surface area contributed by atoms with Crippen LogP contribution in [0.3, 0.4) is 0 Å². The van der Waals surface area contributed by atoms with Crippen LogP contribution in [0, 0.1) is 5.92 Å². The Balaban J connectivity index is 1.71. The largest absolute Gasteiger partial charge is 0.494 e. The smallest absolute Gasteiger partial charge is 0.107 e. The lowest BCUT2D eigenvalue weighted by molar-refractivity contribution is 0.0580. The van der Waals surface area contributed by atoms with E-state index in [2.05, 4.69) is 16.3 Å². The van der Waals surface area contributed by atoms with Crippen molar-refractivity contribution in [3.05, 3.63) is 11.1 Å². The molecule has 1 aliphatic carbocycles. The molecule has 7 heteroatoms. The summed E-state index contributed by atoms with van der Waals surface area (Å²) in [6, 6.07) is 0. The van der Waals surface area contributed by atoms with Gasteiger partial charge in [-0.15, -0.1) is 0 Å². The van der Waals surface area contributed by atoms with Gasteiger partial charge in [-0.3, -0.25) is 9.34 Å². The third kappa shape index (κ3) is 3.00. The Morgan fingerprint density at radius 3 is 2.04 bits per heavy atom. The highest BCUT2D eigenvalue weighted by Crippen LogP contribution is 2.67. The fourth-order valence-corrected chi connectivity index (χ4v) is 9.99. The summed E-state index contributed by atoms with van der Waals surface area (Å²) < 4.78 is 22.7. The zero-order chi connectivity index (χ0) is 16.6. The van der Waals surface area contributed by atoms with E-state index in [0.717, 1.165) is 58.4 Å². The van der Waals surface area contributed by atoms with Crippen molar-refractivity contribution in [1.82, 2.24) is 9.34 Å². The zero-order valence-corrected chi connectivity index (χ0v) is 16.3. The van der Waals surface area contributed by atoms with Crippen LogP contribution < -0.4 is 0 Å². The van der Waals surface area contributed by atoms with Gasteiger partial charge >= 0.3 is 0 Å². The standard InChI is InChI=1S/C17H29N2O3PS/c1-14-17(15-4-2-3-5-16(15)22-14)23(24,18-6-10-20-11-7-18)19-8-12-21-13-9-19/h15-16H,2-13H2,1H3/t15-,16-/m0/s1. The van der Waals surface area contributed by atoms with Crippen LogP contribution in [-0.4, -0.2) is 68.1 Å². The van der Waals surface area contributed by atoms with Crippen LogP contribution in [0.2, 0.25) is 0 Å². The molecule has 0 radical (unpaired) electrons. The van der Waals surface area contributed by atoms with Crippen molar-refractivity contribution in [2.75, 3.05) is 52.6 Å². The minimum atomic E-state index is -1.97. The zero-order valence-electron chi connectivity index (χ0n) is 14.6. The first-order valence-electron chi connectivity index (χ1n) is 9.35. The summed E-state index contributed by atoms with van der Waals surface area (Å²) in [6.07, 6.45) is 3.43. The summed E-state index contributed by atoms with van der Waals surface area (Å²) in [5.41, 5.74) is 0. The van der Waals surface area contributed by atoms with Crippen LogP contribution in [0.4, 0.5) is 0 Å². The molecule has 0 aromatic carbocycles. The molecule has 0 aromatic rings. The number of hydrogen-bond donors (Lipinski definition) is 0. The molecule has 4 rings (SSSR count). The Morgan fingerprint density at radius 1 is 0.917 bits per heavy atom. The molecular formula is C17H29N2O3PS. The number of nitrogens with zero attached hydrogens (tertiary/aromatic N) is 2. The van der Waals surface area contributed by atoms with Gasteiger partial charge in [-0.05, 0) is 26.2 Å². The maximum atomic E-state index is 6.56. The van der Waals surface area contributed by atoms with Crippen LogP contribution in [0.1, 0.15) is 32.6 Å². The van der Waals surface area contributed by atoms with Gasteiger partial charge in [0.05, 0.1) is 26.4 Å². The predicted octanol–water partition coefficient (Wildman–Crippen LogP) is 2.78. The van der Waals surface area contributed by atoms with Gasteiger partial charge in [-0.2, -0.15) is 0 Å². The normalized spacial score (nSPS) is 33.4. The Labute approximate surface area is 150 Å². The van der Waals surface area contributed by atoms with Gasteiger partial charge in [0, 0.05) is 37.4 Å². The van der Waals surface area contributed by atoms with Gasteiger partial charge in [-0.1, -0.05) is 18.2 Å². The van der Waals surface area contributed by atoms with E-state index in [1.165, 1.54) is 31.0 Å². The first kappa shape index (κ1) is 17.4. The van der Waals surface area contributed by atoms with Crippen molar-refractivity contribution in [2.24, 2.45) is 5.92 Å². The average molecular weight is 372 g/mol. The van der Waals surface area contributed by atoms with Crippen molar-refractivity contribution < 1.29 is 14.2 Å². The molecule has 0 bridgehead atoms. The molecule has 24 heavy (non-hydrogen) atoms. The molecule has 2 saturated heterocycles. The minimum Gasteiger partial charge on any atom is -0.494 e.